The average molecular weight is 402 g/mol. The van der Waals surface area contributed by atoms with Gasteiger partial charge in [-0.25, -0.2) is 0 Å². The second kappa shape index (κ2) is 8.84. The zero-order valence-electron chi connectivity index (χ0n) is 18.5. The van der Waals surface area contributed by atoms with Crippen LogP contribution in [0.5, 0.6) is 0 Å². The molecule has 2 aliphatic rings. The van der Waals surface area contributed by atoms with Crippen molar-refractivity contribution in [3.63, 3.8) is 0 Å². The Morgan fingerprint density at radius 2 is 1.86 bits per heavy atom. The number of nitrogens with zero attached hydrogens (tertiary/aromatic N) is 2. The first-order valence-corrected chi connectivity index (χ1v) is 10.6. The van der Waals surface area contributed by atoms with Gasteiger partial charge in [0.15, 0.2) is 0 Å². The molecule has 2 aliphatic heterocycles. The van der Waals surface area contributed by atoms with Gasteiger partial charge in [0.25, 0.3) is 0 Å². The Hall–Kier alpha value is -1.92. The molecular weight excluding hydrogens is 366 g/mol. The highest BCUT2D eigenvalue weighted by Gasteiger charge is 2.53. The van der Waals surface area contributed by atoms with Crippen LogP contribution in [-0.2, 0) is 20.9 Å². The second-order valence-corrected chi connectivity index (χ2v) is 8.87. The van der Waals surface area contributed by atoms with Gasteiger partial charge in [-0.05, 0) is 70.3 Å². The molecule has 0 saturated carbocycles. The van der Waals surface area contributed by atoms with Crippen molar-refractivity contribution in [3.05, 3.63) is 34.4 Å². The van der Waals surface area contributed by atoms with Crippen molar-refractivity contribution < 1.29 is 14.3 Å². The van der Waals surface area contributed by atoms with Gasteiger partial charge in [0.05, 0.1) is 11.5 Å². The van der Waals surface area contributed by atoms with Gasteiger partial charge >= 0.3 is 0 Å². The fraction of sp³-hybridized carbons (Fsp3) is 0.652. The lowest BCUT2D eigenvalue weighted by Crippen LogP contribution is -2.66. The number of likely N-dealkylation sites (N-methyl/N-ethyl adjacent to an activating group) is 1. The molecule has 2 atom stereocenters. The summed E-state index contributed by atoms with van der Waals surface area (Å²) >= 11 is 0. The molecule has 0 unspecified atom stereocenters. The Bertz CT molecular complexity index is 756. The van der Waals surface area contributed by atoms with Gasteiger partial charge in [-0.1, -0.05) is 17.7 Å². The maximum Gasteiger partial charge on any atom is 0.248 e. The fourth-order valence-corrected chi connectivity index (χ4v) is 5.24. The summed E-state index contributed by atoms with van der Waals surface area (Å²) in [7, 11) is 3.61. The Balaban J connectivity index is 1.82. The molecule has 2 fully saturated rings. The van der Waals surface area contributed by atoms with E-state index in [-0.39, 0.29) is 24.5 Å². The van der Waals surface area contributed by atoms with Gasteiger partial charge in [0.2, 0.25) is 11.8 Å². The third-order valence-corrected chi connectivity index (χ3v) is 6.77. The summed E-state index contributed by atoms with van der Waals surface area (Å²) in [4.78, 5) is 30.3. The number of likely N-dealkylation sites (tertiary alicyclic amines) is 2. The van der Waals surface area contributed by atoms with Crippen LogP contribution in [0.2, 0.25) is 0 Å². The van der Waals surface area contributed by atoms with Crippen LogP contribution in [0.25, 0.3) is 0 Å². The normalized spacial score (nSPS) is 24.9. The molecule has 3 rings (SSSR count). The molecular formula is C23H35N3O3. The number of benzene rings is 1. The first-order valence-electron chi connectivity index (χ1n) is 10.6. The summed E-state index contributed by atoms with van der Waals surface area (Å²) in [5.41, 5.74) is 4.33. The van der Waals surface area contributed by atoms with E-state index in [4.69, 9.17) is 4.74 Å². The smallest absolute Gasteiger partial charge is 0.248 e. The zero-order valence-corrected chi connectivity index (χ0v) is 18.5. The maximum atomic E-state index is 13.6. The number of ether oxygens (including phenoxy) is 1. The Morgan fingerprint density at radius 1 is 1.17 bits per heavy atom. The SMILES string of the molecule is COCC(=O)N1CCC[C@@]2(C(=O)NCc3c(C)cc(C)cc3C)CCN(C)C[C@H]12. The lowest BCUT2D eigenvalue weighted by molar-refractivity contribution is -0.156. The molecule has 6 heteroatoms. The minimum Gasteiger partial charge on any atom is -0.375 e. The van der Waals surface area contributed by atoms with Crippen molar-refractivity contribution in [1.82, 2.24) is 15.1 Å². The molecule has 29 heavy (non-hydrogen) atoms. The standard InChI is InChI=1S/C23H35N3O3/c1-16-11-17(2)19(18(3)12-16)13-24-22(28)23-7-6-9-26(21(27)15-29-5)20(23)14-25(4)10-8-23/h11-12,20H,6-10,13-15H2,1-5H3,(H,24,28)/t20-,23+/m0/s1. The van der Waals surface area contributed by atoms with E-state index >= 15 is 0 Å². The van der Waals surface area contributed by atoms with Crippen LogP contribution in [-0.4, -0.2) is 68.1 Å². The van der Waals surface area contributed by atoms with Gasteiger partial charge in [-0.15, -0.1) is 0 Å². The molecule has 2 amide bonds. The summed E-state index contributed by atoms with van der Waals surface area (Å²) < 4.78 is 5.09. The number of carbonyl (C=O) groups excluding carboxylic acids is 2. The molecule has 0 bridgehead atoms. The first-order chi connectivity index (χ1) is 13.8. The van der Waals surface area contributed by atoms with E-state index in [1.165, 1.54) is 22.3 Å². The van der Waals surface area contributed by atoms with Crippen LogP contribution in [0, 0.1) is 26.2 Å². The monoisotopic (exact) mass is 401 g/mol. The number of nitrogens with one attached hydrogen (secondary N) is 1. The predicted octanol–water partition coefficient (Wildman–Crippen LogP) is 2.19. The molecule has 0 aliphatic carbocycles. The number of methoxy groups -OCH3 is 1. The van der Waals surface area contributed by atoms with Gasteiger partial charge in [-0.3, -0.25) is 9.59 Å². The fourth-order valence-electron chi connectivity index (χ4n) is 5.24. The minimum absolute atomic E-state index is 0.0186. The van der Waals surface area contributed by atoms with Crippen molar-refractivity contribution >= 4 is 11.8 Å². The van der Waals surface area contributed by atoms with Crippen LogP contribution in [0.15, 0.2) is 12.1 Å². The molecule has 0 spiro atoms. The van der Waals surface area contributed by atoms with Gasteiger partial charge in [0.1, 0.15) is 6.61 Å². The molecule has 160 valence electrons. The summed E-state index contributed by atoms with van der Waals surface area (Å²) in [6.45, 7) is 9.20. The quantitative estimate of drug-likeness (QED) is 0.822. The van der Waals surface area contributed by atoms with E-state index in [0.717, 1.165) is 32.4 Å². The van der Waals surface area contributed by atoms with Gasteiger partial charge in [0, 0.05) is 26.7 Å². The Labute approximate surface area is 174 Å². The van der Waals surface area contributed by atoms with Gasteiger partial charge < -0.3 is 19.9 Å². The van der Waals surface area contributed by atoms with Crippen LogP contribution >= 0.6 is 0 Å². The number of amides is 2. The largest absolute Gasteiger partial charge is 0.375 e. The number of fused-ring (bicyclic) bond motifs is 1. The summed E-state index contributed by atoms with van der Waals surface area (Å²) in [6.07, 6.45) is 2.47. The average Bonchev–Trinajstić information content (AvgIpc) is 2.66. The predicted molar refractivity (Wildman–Crippen MR) is 114 cm³/mol. The highest BCUT2D eigenvalue weighted by Crippen LogP contribution is 2.42. The van der Waals surface area contributed by atoms with Crippen LogP contribution < -0.4 is 5.32 Å². The third-order valence-electron chi connectivity index (χ3n) is 6.77. The zero-order chi connectivity index (χ0) is 21.2. The molecule has 1 aromatic rings. The van der Waals surface area contributed by atoms with Crippen molar-refractivity contribution in [1.29, 1.82) is 0 Å². The third kappa shape index (κ3) is 4.33. The Kier molecular flexibility index (Phi) is 6.64. The number of hydrogen-bond acceptors (Lipinski definition) is 4. The number of piperidine rings is 2. The molecule has 6 nitrogen and oxygen atoms in total. The van der Waals surface area contributed by atoms with Crippen LogP contribution in [0.4, 0.5) is 0 Å². The number of hydrogen-bond donors (Lipinski definition) is 1. The molecule has 1 aromatic carbocycles. The first kappa shape index (κ1) is 21.8. The molecule has 0 radical (unpaired) electrons. The molecule has 0 aromatic heterocycles. The van der Waals surface area contributed by atoms with E-state index in [2.05, 4.69) is 50.2 Å². The van der Waals surface area contributed by atoms with Crippen LogP contribution in [0.1, 0.15) is 41.5 Å². The lowest BCUT2D eigenvalue weighted by atomic mass is 9.67. The molecule has 2 heterocycles. The lowest BCUT2D eigenvalue weighted by Gasteiger charge is -2.53. The van der Waals surface area contributed by atoms with Crippen molar-refractivity contribution in [2.45, 2.75) is 52.6 Å². The van der Waals surface area contributed by atoms with Crippen molar-refractivity contribution in [2.75, 3.05) is 40.4 Å². The van der Waals surface area contributed by atoms with Gasteiger partial charge in [-0.2, -0.15) is 0 Å². The highest BCUT2D eigenvalue weighted by molar-refractivity contribution is 5.86. The number of carbonyl (C=O) groups is 2. The highest BCUT2D eigenvalue weighted by atomic mass is 16.5. The number of rotatable bonds is 5. The Morgan fingerprint density at radius 3 is 2.52 bits per heavy atom. The minimum atomic E-state index is -0.513. The molecule has 2 saturated heterocycles. The summed E-state index contributed by atoms with van der Waals surface area (Å²) in [5, 5.41) is 3.24. The summed E-state index contributed by atoms with van der Waals surface area (Å²) in [5.74, 6) is 0.0693. The van der Waals surface area contributed by atoms with E-state index < -0.39 is 5.41 Å². The summed E-state index contributed by atoms with van der Waals surface area (Å²) in [6, 6.07) is 4.23. The maximum absolute atomic E-state index is 13.6. The topological polar surface area (TPSA) is 61.9 Å². The van der Waals surface area contributed by atoms with Crippen LogP contribution in [0.3, 0.4) is 0 Å². The molecule has 1 N–H and O–H groups in total. The van der Waals surface area contributed by atoms with E-state index in [9.17, 15) is 9.59 Å². The van der Waals surface area contributed by atoms with E-state index in [0.29, 0.717) is 13.1 Å². The van der Waals surface area contributed by atoms with E-state index in [1.54, 1.807) is 7.11 Å². The van der Waals surface area contributed by atoms with Crippen molar-refractivity contribution in [3.8, 4) is 0 Å². The number of aryl methyl sites for hydroxylation is 3. The second-order valence-electron chi connectivity index (χ2n) is 8.87. The van der Waals surface area contributed by atoms with E-state index in [1.807, 2.05) is 4.90 Å². The van der Waals surface area contributed by atoms with Crippen molar-refractivity contribution in [2.24, 2.45) is 5.41 Å².